The van der Waals surface area contributed by atoms with E-state index in [-0.39, 0.29) is 12.1 Å². The van der Waals surface area contributed by atoms with Crippen LogP contribution >= 0.6 is 0 Å². The summed E-state index contributed by atoms with van der Waals surface area (Å²) in [5, 5.41) is 11.0. The van der Waals surface area contributed by atoms with E-state index in [1.807, 2.05) is 23.1 Å². The lowest BCUT2D eigenvalue weighted by Crippen LogP contribution is -2.48. The molecule has 10 nitrogen and oxygen atoms in total. The SMILES string of the molecule is NC(=O)[C@H]1[C@@H](O)CCN1C[C@H]1C[C@@H](n2cc(-c3cccc(OCC4CCCCO4)c3)c3c(N)ncnc32)C1. The Morgan fingerprint density at radius 3 is 2.87 bits per heavy atom. The van der Waals surface area contributed by atoms with Crippen LogP contribution in [0.25, 0.3) is 22.2 Å². The molecule has 202 valence electrons. The summed E-state index contributed by atoms with van der Waals surface area (Å²) in [5.41, 5.74) is 14.7. The van der Waals surface area contributed by atoms with Crippen molar-refractivity contribution in [3.05, 3.63) is 36.8 Å². The molecule has 6 rings (SSSR count). The van der Waals surface area contributed by atoms with Crippen molar-refractivity contribution >= 4 is 22.8 Å². The molecule has 10 heteroatoms. The number of benzene rings is 1. The highest BCUT2D eigenvalue weighted by atomic mass is 16.5. The molecule has 3 atom stereocenters. The van der Waals surface area contributed by atoms with Gasteiger partial charge < -0.3 is 30.6 Å². The third-order valence-electron chi connectivity index (χ3n) is 8.35. The Balaban J connectivity index is 1.19. The van der Waals surface area contributed by atoms with Crippen molar-refractivity contribution in [2.75, 3.05) is 32.0 Å². The van der Waals surface area contributed by atoms with Gasteiger partial charge in [-0.1, -0.05) is 12.1 Å². The van der Waals surface area contributed by atoms with Gasteiger partial charge in [-0.15, -0.1) is 0 Å². The fourth-order valence-electron chi connectivity index (χ4n) is 6.31. The van der Waals surface area contributed by atoms with E-state index < -0.39 is 18.1 Å². The van der Waals surface area contributed by atoms with E-state index in [0.717, 1.165) is 66.7 Å². The number of nitrogens with two attached hydrogens (primary N) is 2. The molecule has 0 spiro atoms. The normalized spacial score (nSPS) is 27.9. The number of primary amides is 1. The molecule has 3 aliphatic rings. The lowest BCUT2D eigenvalue weighted by atomic mass is 9.79. The van der Waals surface area contributed by atoms with Crippen LogP contribution in [-0.2, 0) is 9.53 Å². The smallest absolute Gasteiger partial charge is 0.237 e. The number of rotatable bonds is 8. The van der Waals surface area contributed by atoms with E-state index >= 15 is 0 Å². The number of nitrogens with zero attached hydrogens (tertiary/aromatic N) is 4. The van der Waals surface area contributed by atoms with Crippen molar-refractivity contribution < 1.29 is 19.4 Å². The molecule has 2 saturated heterocycles. The lowest BCUT2D eigenvalue weighted by Gasteiger charge is -2.39. The maximum absolute atomic E-state index is 11.8. The second kappa shape index (κ2) is 10.5. The molecule has 1 saturated carbocycles. The van der Waals surface area contributed by atoms with Crippen LogP contribution in [0.4, 0.5) is 5.82 Å². The van der Waals surface area contributed by atoms with Gasteiger partial charge in [0.2, 0.25) is 5.91 Å². The molecule has 1 aliphatic carbocycles. The van der Waals surface area contributed by atoms with Crippen LogP contribution in [0.15, 0.2) is 36.8 Å². The van der Waals surface area contributed by atoms with Gasteiger partial charge in [-0.25, -0.2) is 9.97 Å². The first kappa shape index (κ1) is 25.1. The van der Waals surface area contributed by atoms with Gasteiger partial charge in [0.1, 0.15) is 36.2 Å². The molecule has 1 unspecified atom stereocenters. The predicted molar refractivity (Wildman–Crippen MR) is 143 cm³/mol. The second-order valence-electron chi connectivity index (χ2n) is 10.9. The van der Waals surface area contributed by atoms with Crippen LogP contribution in [0.2, 0.25) is 0 Å². The number of hydrogen-bond donors (Lipinski definition) is 3. The lowest BCUT2D eigenvalue weighted by molar-refractivity contribution is -0.125. The summed E-state index contributed by atoms with van der Waals surface area (Å²) in [6.45, 7) is 2.81. The average Bonchev–Trinajstić information content (AvgIpc) is 3.47. The number of hydrogen-bond acceptors (Lipinski definition) is 8. The highest BCUT2D eigenvalue weighted by molar-refractivity contribution is 6.00. The van der Waals surface area contributed by atoms with Crippen LogP contribution in [0.1, 0.15) is 44.6 Å². The third kappa shape index (κ3) is 4.83. The Labute approximate surface area is 221 Å². The number of aromatic nitrogens is 3. The third-order valence-corrected chi connectivity index (χ3v) is 8.35. The van der Waals surface area contributed by atoms with E-state index in [1.54, 1.807) is 0 Å². The molecule has 0 radical (unpaired) electrons. The Morgan fingerprint density at radius 2 is 2.08 bits per heavy atom. The number of aliphatic hydroxyl groups excluding tert-OH is 1. The van der Waals surface area contributed by atoms with E-state index in [2.05, 4.69) is 26.8 Å². The zero-order valence-electron chi connectivity index (χ0n) is 21.5. The van der Waals surface area contributed by atoms with Gasteiger partial charge in [-0.2, -0.15) is 0 Å². The molecule has 4 heterocycles. The number of carbonyl (C=O) groups excluding carboxylic acids is 1. The van der Waals surface area contributed by atoms with Crippen LogP contribution in [0.5, 0.6) is 5.75 Å². The molecule has 1 aromatic carbocycles. The molecule has 1 amide bonds. The summed E-state index contributed by atoms with van der Waals surface area (Å²) in [6, 6.07) is 7.75. The zero-order chi connectivity index (χ0) is 26.2. The summed E-state index contributed by atoms with van der Waals surface area (Å²) in [6.07, 6.45) is 8.95. The average molecular weight is 521 g/mol. The fourth-order valence-corrected chi connectivity index (χ4v) is 6.31. The van der Waals surface area contributed by atoms with Crippen molar-refractivity contribution in [1.29, 1.82) is 0 Å². The number of amides is 1. The van der Waals surface area contributed by atoms with Crippen LogP contribution in [0, 0.1) is 5.92 Å². The maximum Gasteiger partial charge on any atom is 0.237 e. The predicted octanol–water partition coefficient (Wildman–Crippen LogP) is 2.50. The number of nitrogen functional groups attached to an aromatic ring is 1. The highest BCUT2D eigenvalue weighted by Crippen LogP contribution is 2.44. The first-order chi connectivity index (χ1) is 18.5. The van der Waals surface area contributed by atoms with E-state index in [0.29, 0.717) is 31.3 Å². The molecule has 0 bridgehead atoms. The molecule has 38 heavy (non-hydrogen) atoms. The van der Waals surface area contributed by atoms with Crippen molar-refractivity contribution in [3.63, 3.8) is 0 Å². The minimum atomic E-state index is -0.672. The summed E-state index contributed by atoms with van der Waals surface area (Å²) < 4.78 is 14.1. The van der Waals surface area contributed by atoms with Crippen LogP contribution in [0.3, 0.4) is 0 Å². The van der Waals surface area contributed by atoms with Gasteiger partial charge >= 0.3 is 0 Å². The molecule has 3 fully saturated rings. The molecule has 2 aliphatic heterocycles. The Hall–Kier alpha value is -3.21. The first-order valence-corrected chi connectivity index (χ1v) is 13.6. The van der Waals surface area contributed by atoms with Gasteiger partial charge in [0.05, 0.1) is 17.6 Å². The molecule has 2 aromatic heterocycles. The largest absolute Gasteiger partial charge is 0.491 e. The second-order valence-corrected chi connectivity index (χ2v) is 10.9. The van der Waals surface area contributed by atoms with E-state index in [9.17, 15) is 9.90 Å². The number of ether oxygens (including phenoxy) is 2. The summed E-state index contributed by atoms with van der Waals surface area (Å²) in [5.74, 6) is 1.23. The van der Waals surface area contributed by atoms with E-state index in [4.69, 9.17) is 20.9 Å². The van der Waals surface area contributed by atoms with Crippen molar-refractivity contribution in [2.45, 2.75) is 62.8 Å². The summed E-state index contributed by atoms with van der Waals surface area (Å²) in [7, 11) is 0. The Morgan fingerprint density at radius 1 is 1.21 bits per heavy atom. The number of fused-ring (bicyclic) bond motifs is 1. The standard InChI is InChI=1S/C28H36N6O4/c29-26-24-22(18-4-3-6-20(12-18)38-15-21-5-1-2-9-37-21)14-34(28(24)32-16-31-26)19-10-17(11-19)13-33-8-7-23(35)25(33)27(30)36/h3-4,6,12,14,16-17,19,21,23,25,35H,1-2,5,7-11,13,15H2,(H2,30,36)(H2,29,31,32)/t17-,19+,21?,23-,25+/m0/s1. The number of aliphatic hydroxyl groups is 1. The number of carbonyl (C=O) groups is 1. The number of anilines is 1. The van der Waals surface area contributed by atoms with E-state index in [1.165, 1.54) is 12.7 Å². The minimum absolute atomic E-state index is 0.145. The number of likely N-dealkylation sites (tertiary alicyclic amines) is 1. The summed E-state index contributed by atoms with van der Waals surface area (Å²) >= 11 is 0. The van der Waals surface area contributed by atoms with Gasteiger partial charge in [-0.05, 0) is 62.1 Å². The van der Waals surface area contributed by atoms with Gasteiger partial charge in [0.25, 0.3) is 0 Å². The highest BCUT2D eigenvalue weighted by Gasteiger charge is 2.41. The van der Waals surface area contributed by atoms with Gasteiger partial charge in [0, 0.05) is 37.5 Å². The molecular formula is C28H36N6O4. The minimum Gasteiger partial charge on any atom is -0.491 e. The van der Waals surface area contributed by atoms with Crippen molar-refractivity contribution in [3.8, 4) is 16.9 Å². The van der Waals surface area contributed by atoms with Crippen molar-refractivity contribution in [2.24, 2.45) is 11.7 Å². The first-order valence-electron chi connectivity index (χ1n) is 13.6. The quantitative estimate of drug-likeness (QED) is 0.411. The maximum atomic E-state index is 11.8. The fraction of sp³-hybridized carbons (Fsp3) is 0.536. The Kier molecular flexibility index (Phi) is 6.94. The molecular weight excluding hydrogens is 484 g/mol. The van der Waals surface area contributed by atoms with Gasteiger partial charge in [0.15, 0.2) is 0 Å². The topological polar surface area (TPSA) is 142 Å². The zero-order valence-corrected chi connectivity index (χ0v) is 21.5. The molecule has 5 N–H and O–H groups in total. The monoisotopic (exact) mass is 520 g/mol. The van der Waals surface area contributed by atoms with Crippen molar-refractivity contribution in [1.82, 2.24) is 19.4 Å². The Bertz CT molecular complexity index is 1300. The molecule has 3 aromatic rings. The van der Waals surface area contributed by atoms with Crippen LogP contribution < -0.4 is 16.2 Å². The van der Waals surface area contributed by atoms with Crippen LogP contribution in [-0.4, -0.2) is 75.0 Å². The van der Waals surface area contributed by atoms with Gasteiger partial charge in [-0.3, -0.25) is 9.69 Å². The summed E-state index contributed by atoms with van der Waals surface area (Å²) in [4.78, 5) is 22.8.